The van der Waals surface area contributed by atoms with Gasteiger partial charge in [0.15, 0.2) is 0 Å². The van der Waals surface area contributed by atoms with Gasteiger partial charge in [-0.25, -0.2) is 0 Å². The van der Waals surface area contributed by atoms with E-state index in [2.05, 4.69) is 74.4 Å². The Labute approximate surface area is 172 Å². The standard InChI is InChI=1S/C24H41N3O/c1-23(2,3)20-7-8-22(21(19-20)24(4,5)6)27-13-11-25(12-14-27)9-10-26-15-17-28-18-16-26/h7-8,19H,9-18H2,1-6H3. The number of hydrogen-bond acceptors (Lipinski definition) is 4. The molecule has 0 radical (unpaired) electrons. The minimum absolute atomic E-state index is 0.157. The minimum Gasteiger partial charge on any atom is -0.379 e. The van der Waals surface area contributed by atoms with Crippen molar-refractivity contribution in [3.63, 3.8) is 0 Å². The van der Waals surface area contributed by atoms with Crippen LogP contribution in [0.15, 0.2) is 18.2 Å². The smallest absolute Gasteiger partial charge is 0.0594 e. The number of anilines is 1. The van der Waals surface area contributed by atoms with Crippen LogP contribution in [0, 0.1) is 0 Å². The second-order valence-corrected chi connectivity index (χ2v) is 10.5. The molecule has 2 heterocycles. The number of rotatable bonds is 4. The van der Waals surface area contributed by atoms with Crippen molar-refractivity contribution >= 4 is 5.69 Å². The molecule has 4 nitrogen and oxygen atoms in total. The summed E-state index contributed by atoms with van der Waals surface area (Å²) in [6.07, 6.45) is 0. The first-order valence-electron chi connectivity index (χ1n) is 11.1. The van der Waals surface area contributed by atoms with Crippen LogP contribution in [-0.4, -0.2) is 75.4 Å². The van der Waals surface area contributed by atoms with E-state index < -0.39 is 0 Å². The summed E-state index contributed by atoms with van der Waals surface area (Å²) in [5.41, 5.74) is 4.71. The van der Waals surface area contributed by atoms with E-state index in [-0.39, 0.29) is 10.8 Å². The van der Waals surface area contributed by atoms with Crippen molar-refractivity contribution in [3.8, 4) is 0 Å². The van der Waals surface area contributed by atoms with Gasteiger partial charge < -0.3 is 9.64 Å². The SMILES string of the molecule is CC(C)(C)c1ccc(N2CCN(CCN3CCOCC3)CC2)c(C(C)(C)C)c1. The zero-order valence-corrected chi connectivity index (χ0v) is 19.1. The molecule has 0 N–H and O–H groups in total. The third-order valence-corrected chi connectivity index (χ3v) is 6.22. The molecule has 2 fully saturated rings. The first-order chi connectivity index (χ1) is 13.1. The number of benzene rings is 1. The van der Waals surface area contributed by atoms with E-state index in [0.29, 0.717) is 0 Å². The topological polar surface area (TPSA) is 19.0 Å². The first-order valence-corrected chi connectivity index (χ1v) is 11.1. The lowest BCUT2D eigenvalue weighted by molar-refractivity contribution is 0.0331. The molecule has 0 saturated carbocycles. The predicted molar refractivity (Wildman–Crippen MR) is 120 cm³/mol. The van der Waals surface area contributed by atoms with Crippen molar-refractivity contribution in [2.24, 2.45) is 0 Å². The van der Waals surface area contributed by atoms with Gasteiger partial charge in [-0.15, -0.1) is 0 Å². The lowest BCUT2D eigenvalue weighted by Gasteiger charge is -2.40. The maximum Gasteiger partial charge on any atom is 0.0594 e. The Bertz CT molecular complexity index is 630. The van der Waals surface area contributed by atoms with Crippen LogP contribution in [0.3, 0.4) is 0 Å². The van der Waals surface area contributed by atoms with Crippen molar-refractivity contribution in [3.05, 3.63) is 29.3 Å². The van der Waals surface area contributed by atoms with Crippen molar-refractivity contribution in [2.45, 2.75) is 52.4 Å². The molecule has 0 aliphatic carbocycles. The Morgan fingerprint density at radius 3 is 1.86 bits per heavy atom. The second-order valence-electron chi connectivity index (χ2n) is 10.5. The van der Waals surface area contributed by atoms with Crippen LogP contribution in [0.2, 0.25) is 0 Å². The van der Waals surface area contributed by atoms with Gasteiger partial charge in [-0.3, -0.25) is 9.80 Å². The Hall–Kier alpha value is -1.10. The summed E-state index contributed by atoms with van der Waals surface area (Å²) in [4.78, 5) is 7.78. The molecule has 0 aromatic heterocycles. The van der Waals surface area contributed by atoms with Crippen LogP contribution < -0.4 is 4.90 Å². The van der Waals surface area contributed by atoms with Gasteiger partial charge in [0.05, 0.1) is 13.2 Å². The zero-order valence-electron chi connectivity index (χ0n) is 19.1. The summed E-state index contributed by atoms with van der Waals surface area (Å²) in [5.74, 6) is 0. The molecule has 2 aliphatic heterocycles. The number of ether oxygens (including phenoxy) is 1. The summed E-state index contributed by atoms with van der Waals surface area (Å²) in [7, 11) is 0. The molecule has 4 heteroatoms. The Morgan fingerprint density at radius 1 is 0.750 bits per heavy atom. The summed E-state index contributed by atoms with van der Waals surface area (Å²) in [6.45, 7) is 24.9. The zero-order chi connectivity index (χ0) is 20.4. The molecule has 2 aliphatic rings. The van der Waals surface area contributed by atoms with Crippen LogP contribution in [0.25, 0.3) is 0 Å². The fourth-order valence-electron chi connectivity index (χ4n) is 4.20. The molecule has 2 saturated heterocycles. The lowest BCUT2D eigenvalue weighted by Crippen LogP contribution is -2.49. The molecule has 158 valence electrons. The van der Waals surface area contributed by atoms with E-state index >= 15 is 0 Å². The molecule has 0 spiro atoms. The molecule has 3 rings (SSSR count). The fourth-order valence-corrected chi connectivity index (χ4v) is 4.20. The van der Waals surface area contributed by atoms with Crippen LogP contribution in [-0.2, 0) is 15.6 Å². The highest BCUT2D eigenvalue weighted by Crippen LogP contribution is 2.36. The quantitative estimate of drug-likeness (QED) is 0.783. The number of hydrogen-bond donors (Lipinski definition) is 0. The molecule has 28 heavy (non-hydrogen) atoms. The maximum atomic E-state index is 5.46. The van der Waals surface area contributed by atoms with E-state index in [1.165, 1.54) is 29.9 Å². The number of nitrogens with zero attached hydrogens (tertiary/aromatic N) is 3. The molecule has 0 bridgehead atoms. The molecule has 0 amide bonds. The van der Waals surface area contributed by atoms with Crippen LogP contribution in [0.5, 0.6) is 0 Å². The summed E-state index contributed by atoms with van der Waals surface area (Å²) < 4.78 is 5.46. The first kappa shape index (κ1) is 21.6. The normalized spacial score (nSPS) is 20.6. The monoisotopic (exact) mass is 387 g/mol. The summed E-state index contributed by atoms with van der Waals surface area (Å²) in [5, 5.41) is 0. The van der Waals surface area contributed by atoms with Crippen molar-refractivity contribution < 1.29 is 4.74 Å². The van der Waals surface area contributed by atoms with E-state index in [1.807, 2.05) is 0 Å². The van der Waals surface area contributed by atoms with Gasteiger partial charge in [-0.2, -0.15) is 0 Å². The minimum atomic E-state index is 0.157. The van der Waals surface area contributed by atoms with E-state index in [1.54, 1.807) is 0 Å². The molecular weight excluding hydrogens is 346 g/mol. The Kier molecular flexibility index (Phi) is 6.73. The molecule has 0 atom stereocenters. The highest BCUT2D eigenvalue weighted by molar-refractivity contribution is 5.58. The van der Waals surface area contributed by atoms with E-state index in [0.717, 1.165) is 52.5 Å². The van der Waals surface area contributed by atoms with Crippen LogP contribution in [0.4, 0.5) is 5.69 Å². The van der Waals surface area contributed by atoms with Gasteiger partial charge >= 0.3 is 0 Å². The fraction of sp³-hybridized carbons (Fsp3) is 0.750. The Balaban J connectivity index is 1.63. The highest BCUT2D eigenvalue weighted by Gasteiger charge is 2.26. The van der Waals surface area contributed by atoms with Gasteiger partial charge in [-0.1, -0.05) is 53.7 Å². The van der Waals surface area contributed by atoms with Crippen molar-refractivity contribution in [1.82, 2.24) is 9.80 Å². The summed E-state index contributed by atoms with van der Waals surface area (Å²) in [6, 6.07) is 7.18. The van der Waals surface area contributed by atoms with E-state index in [9.17, 15) is 0 Å². The Morgan fingerprint density at radius 2 is 1.32 bits per heavy atom. The van der Waals surface area contributed by atoms with Gasteiger partial charge in [0, 0.05) is 58.0 Å². The van der Waals surface area contributed by atoms with Gasteiger partial charge in [0.25, 0.3) is 0 Å². The molecule has 1 aromatic rings. The summed E-state index contributed by atoms with van der Waals surface area (Å²) >= 11 is 0. The second kappa shape index (κ2) is 8.73. The van der Waals surface area contributed by atoms with Crippen LogP contribution >= 0.6 is 0 Å². The maximum absolute atomic E-state index is 5.46. The highest BCUT2D eigenvalue weighted by atomic mass is 16.5. The average molecular weight is 388 g/mol. The number of morpholine rings is 1. The third kappa shape index (κ3) is 5.49. The third-order valence-electron chi connectivity index (χ3n) is 6.22. The van der Waals surface area contributed by atoms with Crippen molar-refractivity contribution in [2.75, 3.05) is 70.5 Å². The largest absolute Gasteiger partial charge is 0.379 e. The number of piperazine rings is 1. The predicted octanol–water partition coefficient (Wildman–Crippen LogP) is 3.74. The van der Waals surface area contributed by atoms with E-state index in [4.69, 9.17) is 4.74 Å². The van der Waals surface area contributed by atoms with Crippen molar-refractivity contribution in [1.29, 1.82) is 0 Å². The molecule has 1 aromatic carbocycles. The average Bonchev–Trinajstić information content (AvgIpc) is 2.66. The molecular formula is C24H41N3O. The van der Waals surface area contributed by atoms with Gasteiger partial charge in [0.1, 0.15) is 0 Å². The van der Waals surface area contributed by atoms with Gasteiger partial charge in [-0.05, 0) is 28.0 Å². The van der Waals surface area contributed by atoms with Crippen LogP contribution in [0.1, 0.15) is 52.7 Å². The lowest BCUT2D eigenvalue weighted by atomic mass is 9.79. The van der Waals surface area contributed by atoms with Gasteiger partial charge in [0.2, 0.25) is 0 Å². The molecule has 0 unspecified atom stereocenters.